The largest absolute Gasteiger partial charge is 0.378 e. The molecule has 0 radical (unpaired) electrons. The van der Waals surface area contributed by atoms with E-state index in [1.54, 1.807) is 7.11 Å². The minimum atomic E-state index is 0.359. The zero-order chi connectivity index (χ0) is 9.14. The second-order valence-corrected chi connectivity index (χ2v) is 3.72. The van der Waals surface area contributed by atoms with E-state index in [0.717, 1.165) is 13.1 Å². The molecule has 0 spiro atoms. The van der Waals surface area contributed by atoms with Gasteiger partial charge in [0.1, 0.15) is 0 Å². The number of hydrogen-bond acceptors (Lipinski definition) is 3. The van der Waals surface area contributed by atoms with Gasteiger partial charge in [-0.15, -0.1) is 0 Å². The van der Waals surface area contributed by atoms with Crippen molar-refractivity contribution in [1.29, 1.82) is 0 Å². The second kappa shape index (κ2) is 4.21. The van der Waals surface area contributed by atoms with Crippen LogP contribution in [-0.2, 0) is 4.74 Å². The van der Waals surface area contributed by atoms with Gasteiger partial charge < -0.3 is 10.1 Å². The first-order chi connectivity index (χ1) is 5.69. The maximum atomic E-state index is 5.39. The summed E-state index contributed by atoms with van der Waals surface area (Å²) in [7, 11) is 3.79. The zero-order valence-electron chi connectivity index (χ0n) is 8.50. The second-order valence-electron chi connectivity index (χ2n) is 3.72. The molecule has 1 aliphatic heterocycles. The molecule has 0 unspecified atom stereocenters. The average Bonchev–Trinajstić information content (AvgIpc) is 2.46. The van der Waals surface area contributed by atoms with E-state index >= 15 is 0 Å². The van der Waals surface area contributed by atoms with E-state index in [2.05, 4.69) is 24.1 Å². The van der Waals surface area contributed by atoms with E-state index in [-0.39, 0.29) is 0 Å². The molecule has 0 amide bonds. The first kappa shape index (κ1) is 9.96. The monoisotopic (exact) mass is 172 g/mol. The molecule has 1 aliphatic rings. The van der Waals surface area contributed by atoms with Gasteiger partial charge in [-0.3, -0.25) is 4.90 Å². The topological polar surface area (TPSA) is 24.5 Å². The lowest BCUT2D eigenvalue weighted by atomic mass is 10.2. The molecule has 3 heteroatoms. The Morgan fingerprint density at radius 2 is 2.08 bits per heavy atom. The maximum Gasteiger partial charge on any atom is 0.0863 e. The molecule has 1 fully saturated rings. The number of nitrogens with one attached hydrogen (secondary N) is 1. The highest BCUT2D eigenvalue weighted by Crippen LogP contribution is 2.14. The van der Waals surface area contributed by atoms with E-state index in [1.165, 1.54) is 0 Å². The summed E-state index contributed by atoms with van der Waals surface area (Å²) in [5, 5.41) is 3.28. The molecule has 3 nitrogen and oxygen atoms in total. The highest BCUT2D eigenvalue weighted by Gasteiger charge is 2.32. The van der Waals surface area contributed by atoms with E-state index in [1.807, 2.05) is 7.05 Å². The first-order valence-corrected chi connectivity index (χ1v) is 4.63. The number of likely N-dealkylation sites (N-methyl/N-ethyl adjacent to an activating group) is 1. The maximum absolute atomic E-state index is 5.39. The average molecular weight is 172 g/mol. The molecule has 1 heterocycles. The molecule has 0 aromatic rings. The predicted octanol–water partition coefficient (Wildman–Crippen LogP) is 0.313. The number of rotatable bonds is 3. The van der Waals surface area contributed by atoms with E-state index in [9.17, 15) is 0 Å². The van der Waals surface area contributed by atoms with Crippen LogP contribution >= 0.6 is 0 Å². The van der Waals surface area contributed by atoms with Crippen LogP contribution in [0.15, 0.2) is 0 Å². The molecular formula is C9H20N2O. The van der Waals surface area contributed by atoms with Crippen LogP contribution in [0.4, 0.5) is 0 Å². The molecule has 0 aromatic carbocycles. The highest BCUT2D eigenvalue weighted by atomic mass is 16.5. The van der Waals surface area contributed by atoms with Crippen molar-refractivity contribution in [1.82, 2.24) is 10.2 Å². The quantitative estimate of drug-likeness (QED) is 0.663. The lowest BCUT2D eigenvalue weighted by Crippen LogP contribution is -2.37. The van der Waals surface area contributed by atoms with Gasteiger partial charge in [-0.2, -0.15) is 0 Å². The summed E-state index contributed by atoms with van der Waals surface area (Å²) in [4.78, 5) is 2.44. The summed E-state index contributed by atoms with van der Waals surface area (Å²) >= 11 is 0. The molecule has 0 aromatic heterocycles. The van der Waals surface area contributed by atoms with Gasteiger partial charge >= 0.3 is 0 Å². The third-order valence-electron chi connectivity index (χ3n) is 2.70. The predicted molar refractivity (Wildman–Crippen MR) is 50.4 cm³/mol. The summed E-state index contributed by atoms with van der Waals surface area (Å²) in [6, 6.07) is 1.12. The summed E-state index contributed by atoms with van der Waals surface area (Å²) in [5.74, 6) is 0. The van der Waals surface area contributed by atoms with Crippen molar-refractivity contribution < 1.29 is 4.74 Å². The Morgan fingerprint density at radius 1 is 1.42 bits per heavy atom. The lowest BCUT2D eigenvalue weighted by Gasteiger charge is -2.19. The van der Waals surface area contributed by atoms with Gasteiger partial charge in [0.05, 0.1) is 6.10 Å². The Hall–Kier alpha value is -0.120. The van der Waals surface area contributed by atoms with E-state index in [4.69, 9.17) is 4.74 Å². The fourth-order valence-electron chi connectivity index (χ4n) is 1.74. The Balaban J connectivity index is 2.47. The number of likely N-dealkylation sites (tertiary alicyclic amines) is 1. The summed E-state index contributed by atoms with van der Waals surface area (Å²) in [6.45, 7) is 6.61. The number of nitrogens with zero attached hydrogens (tertiary/aromatic N) is 1. The van der Waals surface area contributed by atoms with Crippen molar-refractivity contribution in [3.63, 3.8) is 0 Å². The molecule has 1 rings (SSSR count). The van der Waals surface area contributed by atoms with Crippen molar-refractivity contribution in [3.8, 4) is 0 Å². The summed E-state index contributed by atoms with van der Waals surface area (Å²) in [6.07, 6.45) is 0.359. The van der Waals surface area contributed by atoms with Gasteiger partial charge in [-0.25, -0.2) is 0 Å². The normalized spacial score (nSPS) is 31.8. The Labute approximate surface area is 75.1 Å². The van der Waals surface area contributed by atoms with Gasteiger partial charge in [0.25, 0.3) is 0 Å². The van der Waals surface area contributed by atoms with Gasteiger partial charge in [-0.1, -0.05) is 0 Å². The molecule has 1 N–H and O–H groups in total. The van der Waals surface area contributed by atoms with Crippen molar-refractivity contribution in [2.75, 3.05) is 27.2 Å². The number of hydrogen-bond donors (Lipinski definition) is 1. The van der Waals surface area contributed by atoms with Crippen LogP contribution in [0.5, 0.6) is 0 Å². The molecule has 72 valence electrons. The van der Waals surface area contributed by atoms with Crippen LogP contribution < -0.4 is 5.32 Å². The minimum absolute atomic E-state index is 0.359. The molecule has 0 aliphatic carbocycles. The van der Waals surface area contributed by atoms with Gasteiger partial charge in [0.2, 0.25) is 0 Å². The van der Waals surface area contributed by atoms with Gasteiger partial charge in [0, 0.05) is 32.3 Å². The lowest BCUT2D eigenvalue weighted by molar-refractivity contribution is 0.0891. The van der Waals surface area contributed by atoms with E-state index in [0.29, 0.717) is 18.2 Å². The fourth-order valence-corrected chi connectivity index (χ4v) is 1.74. The van der Waals surface area contributed by atoms with Crippen LogP contribution in [0.2, 0.25) is 0 Å². The van der Waals surface area contributed by atoms with Gasteiger partial charge in [-0.05, 0) is 20.9 Å². The molecular weight excluding hydrogens is 152 g/mol. The highest BCUT2D eigenvalue weighted by molar-refractivity contribution is 4.90. The molecule has 0 saturated carbocycles. The smallest absolute Gasteiger partial charge is 0.0863 e. The van der Waals surface area contributed by atoms with Crippen molar-refractivity contribution in [3.05, 3.63) is 0 Å². The third-order valence-corrected chi connectivity index (χ3v) is 2.70. The molecule has 1 saturated heterocycles. The van der Waals surface area contributed by atoms with Crippen LogP contribution in [0.25, 0.3) is 0 Å². The fraction of sp³-hybridized carbons (Fsp3) is 1.00. The summed E-state index contributed by atoms with van der Waals surface area (Å²) < 4.78 is 5.39. The standard InChI is InChI=1S/C9H20N2O/c1-7(2)11-5-8(10-3)9(6-11)12-4/h7-10H,5-6H2,1-4H3/t8-,9-/m1/s1. The number of ether oxygens (including phenoxy) is 1. The number of methoxy groups -OCH3 is 1. The Kier molecular flexibility index (Phi) is 3.50. The van der Waals surface area contributed by atoms with Crippen molar-refractivity contribution in [2.45, 2.75) is 32.0 Å². The molecule has 12 heavy (non-hydrogen) atoms. The molecule has 2 atom stereocenters. The minimum Gasteiger partial charge on any atom is -0.378 e. The SMILES string of the molecule is CN[C@@H]1CN(C(C)C)C[C@H]1OC. The first-order valence-electron chi connectivity index (χ1n) is 4.63. The van der Waals surface area contributed by atoms with Crippen LogP contribution in [0, 0.1) is 0 Å². The summed E-state index contributed by atoms with van der Waals surface area (Å²) in [5.41, 5.74) is 0. The van der Waals surface area contributed by atoms with Crippen LogP contribution in [0.3, 0.4) is 0 Å². The van der Waals surface area contributed by atoms with Crippen LogP contribution in [-0.4, -0.2) is 50.3 Å². The van der Waals surface area contributed by atoms with Gasteiger partial charge in [0.15, 0.2) is 0 Å². The zero-order valence-corrected chi connectivity index (χ0v) is 8.50. The van der Waals surface area contributed by atoms with Crippen LogP contribution in [0.1, 0.15) is 13.8 Å². The molecule has 0 bridgehead atoms. The van der Waals surface area contributed by atoms with E-state index < -0.39 is 0 Å². The third kappa shape index (κ3) is 1.97. The van der Waals surface area contributed by atoms with Crippen molar-refractivity contribution in [2.24, 2.45) is 0 Å². The Bertz CT molecular complexity index is 126. The van der Waals surface area contributed by atoms with Crippen molar-refractivity contribution >= 4 is 0 Å². The Morgan fingerprint density at radius 3 is 2.42 bits per heavy atom.